The lowest BCUT2D eigenvalue weighted by molar-refractivity contribution is 1.39. The first kappa shape index (κ1) is 7.19. The fraction of sp³-hybridized carbons (Fsp3) is 0. The van der Waals surface area contributed by atoms with E-state index >= 15 is 0 Å². The van der Waals surface area contributed by atoms with Crippen molar-refractivity contribution in [2.24, 2.45) is 0 Å². The summed E-state index contributed by atoms with van der Waals surface area (Å²) in [5.41, 5.74) is 1.13. The topological polar surface area (TPSA) is 4.93 Å². The van der Waals surface area contributed by atoms with E-state index in [0.29, 0.717) is 0 Å². The summed E-state index contributed by atoms with van der Waals surface area (Å²) in [5, 5.41) is 1.92. The summed E-state index contributed by atoms with van der Waals surface area (Å²) in [6.45, 7) is 0. The maximum absolute atomic E-state index is 5.80. The van der Waals surface area contributed by atoms with E-state index in [-0.39, 0.29) is 0 Å². The van der Waals surface area contributed by atoms with Gasteiger partial charge >= 0.3 is 0 Å². The fourth-order valence-corrected chi connectivity index (χ4v) is 1.70. The van der Waals surface area contributed by atoms with Gasteiger partial charge in [0, 0.05) is 16.6 Å². The third kappa shape index (κ3) is 1.17. The first-order chi connectivity index (χ1) is 5.27. The van der Waals surface area contributed by atoms with Crippen molar-refractivity contribution in [3.8, 4) is 0 Å². The number of halogens is 2. The molecule has 2 aromatic rings. The number of fused-ring (bicyclic) bond motifs is 1. The second-order valence-electron chi connectivity index (χ2n) is 2.33. The third-order valence-corrected chi connectivity index (χ3v) is 2.46. The minimum absolute atomic E-state index is 0.774. The van der Waals surface area contributed by atoms with Crippen molar-refractivity contribution < 1.29 is 0 Å². The number of aromatic nitrogens is 1. The van der Waals surface area contributed by atoms with Crippen LogP contribution in [0.25, 0.3) is 10.9 Å². The quantitative estimate of drug-likeness (QED) is 0.653. The van der Waals surface area contributed by atoms with Crippen molar-refractivity contribution in [2.75, 3.05) is 0 Å². The zero-order chi connectivity index (χ0) is 7.84. The molecule has 56 valence electrons. The van der Waals surface area contributed by atoms with Gasteiger partial charge in [0.2, 0.25) is 0 Å². The van der Waals surface area contributed by atoms with E-state index in [9.17, 15) is 0 Å². The highest BCUT2D eigenvalue weighted by molar-refractivity contribution is 9.08. The fourth-order valence-electron chi connectivity index (χ4n) is 1.08. The Morgan fingerprint density at radius 1 is 1.27 bits per heavy atom. The van der Waals surface area contributed by atoms with Crippen LogP contribution in [0.3, 0.4) is 0 Å². The van der Waals surface area contributed by atoms with Crippen LogP contribution in [0.4, 0.5) is 0 Å². The van der Waals surface area contributed by atoms with Gasteiger partial charge in [0.15, 0.2) is 0 Å². The molecule has 0 bridgehead atoms. The van der Waals surface area contributed by atoms with E-state index in [0.717, 1.165) is 15.9 Å². The Balaban J connectivity index is 2.86. The van der Waals surface area contributed by atoms with E-state index in [1.807, 2.05) is 34.1 Å². The molecule has 0 aliphatic carbocycles. The van der Waals surface area contributed by atoms with Crippen LogP contribution >= 0.6 is 27.7 Å². The maximum atomic E-state index is 5.80. The second-order valence-corrected chi connectivity index (χ2v) is 3.53. The van der Waals surface area contributed by atoms with Gasteiger partial charge in [-0.25, -0.2) is 0 Å². The average Bonchev–Trinajstić information content (AvgIpc) is 2.32. The van der Waals surface area contributed by atoms with Gasteiger partial charge in [0.1, 0.15) is 0 Å². The van der Waals surface area contributed by atoms with Crippen LogP contribution in [0.5, 0.6) is 0 Å². The van der Waals surface area contributed by atoms with E-state index < -0.39 is 0 Å². The monoisotopic (exact) mass is 229 g/mol. The zero-order valence-corrected chi connectivity index (χ0v) is 7.93. The van der Waals surface area contributed by atoms with Crippen LogP contribution in [0.1, 0.15) is 0 Å². The molecule has 2 rings (SSSR count). The van der Waals surface area contributed by atoms with Crippen molar-refractivity contribution in [3.63, 3.8) is 0 Å². The van der Waals surface area contributed by atoms with Gasteiger partial charge in [-0.3, -0.25) is 3.59 Å². The van der Waals surface area contributed by atoms with Gasteiger partial charge < -0.3 is 0 Å². The lowest BCUT2D eigenvalue weighted by Crippen LogP contribution is -1.73. The summed E-state index contributed by atoms with van der Waals surface area (Å²) in [4.78, 5) is 0. The normalized spacial score (nSPS) is 10.7. The Bertz CT molecular complexity index is 394. The summed E-state index contributed by atoms with van der Waals surface area (Å²) >= 11 is 9.17. The number of nitrogens with zero attached hydrogens (tertiary/aromatic N) is 1. The molecule has 0 unspecified atom stereocenters. The molecule has 1 nitrogen and oxygen atoms in total. The molecule has 0 saturated carbocycles. The highest BCUT2D eigenvalue weighted by Gasteiger charge is 1.97. The molecule has 0 radical (unpaired) electrons. The molecule has 0 spiro atoms. The van der Waals surface area contributed by atoms with Gasteiger partial charge in [-0.2, -0.15) is 0 Å². The molecule has 1 aromatic heterocycles. The number of rotatable bonds is 0. The predicted octanol–water partition coefficient (Wildman–Crippen LogP) is 3.45. The molecule has 0 N–H and O–H groups in total. The first-order valence-electron chi connectivity index (χ1n) is 3.20. The van der Waals surface area contributed by atoms with Gasteiger partial charge in [0.25, 0.3) is 0 Å². The third-order valence-electron chi connectivity index (χ3n) is 1.60. The largest absolute Gasteiger partial charge is 0.284 e. The molecule has 11 heavy (non-hydrogen) atoms. The second kappa shape index (κ2) is 2.54. The van der Waals surface area contributed by atoms with Crippen molar-refractivity contribution in [1.29, 1.82) is 0 Å². The van der Waals surface area contributed by atoms with Gasteiger partial charge in [-0.15, -0.1) is 0 Å². The van der Waals surface area contributed by atoms with E-state index in [1.165, 1.54) is 0 Å². The molecule has 0 saturated heterocycles. The Morgan fingerprint density at radius 3 is 2.91 bits per heavy atom. The molecule has 3 heteroatoms. The number of benzene rings is 1. The summed E-state index contributed by atoms with van der Waals surface area (Å²) in [6.07, 6.45) is 1.95. The smallest absolute Gasteiger partial charge is 0.0592 e. The van der Waals surface area contributed by atoms with Gasteiger partial charge in [-0.1, -0.05) is 11.6 Å². The molecule has 0 atom stereocenters. The molecule has 0 fully saturated rings. The maximum Gasteiger partial charge on any atom is 0.0592 e. The Hall–Kier alpha value is -0.470. The SMILES string of the molecule is Clc1ccc2c(ccn2Br)c1. The molecular weight excluding hydrogens is 225 g/mol. The Morgan fingerprint density at radius 2 is 2.09 bits per heavy atom. The average molecular weight is 230 g/mol. The van der Waals surface area contributed by atoms with E-state index in [4.69, 9.17) is 11.6 Å². The molecule has 0 aliphatic rings. The van der Waals surface area contributed by atoms with Crippen LogP contribution in [0.15, 0.2) is 30.5 Å². The van der Waals surface area contributed by atoms with Gasteiger partial charge in [-0.05, 0) is 24.3 Å². The summed E-state index contributed by atoms with van der Waals surface area (Å²) in [5.74, 6) is 0. The molecule has 1 aromatic carbocycles. The lowest BCUT2D eigenvalue weighted by atomic mass is 10.2. The van der Waals surface area contributed by atoms with Crippen LogP contribution in [0.2, 0.25) is 5.02 Å². The highest BCUT2D eigenvalue weighted by Crippen LogP contribution is 2.21. The summed E-state index contributed by atoms with van der Waals surface area (Å²) in [7, 11) is 0. The highest BCUT2D eigenvalue weighted by atomic mass is 79.9. The van der Waals surface area contributed by atoms with Crippen molar-refractivity contribution in [3.05, 3.63) is 35.5 Å². The van der Waals surface area contributed by atoms with Crippen molar-refractivity contribution in [2.45, 2.75) is 0 Å². The van der Waals surface area contributed by atoms with Crippen LogP contribution < -0.4 is 0 Å². The minimum Gasteiger partial charge on any atom is -0.284 e. The Labute approximate surface area is 77.9 Å². The van der Waals surface area contributed by atoms with Crippen molar-refractivity contribution >= 4 is 38.7 Å². The van der Waals surface area contributed by atoms with Crippen molar-refractivity contribution in [1.82, 2.24) is 3.59 Å². The molecular formula is C8H5BrClN. The summed E-state index contributed by atoms with van der Waals surface area (Å²) < 4.78 is 1.89. The standard InChI is InChI=1S/C8H5BrClN/c9-11-4-3-6-5-7(10)1-2-8(6)11/h1-5H. The minimum atomic E-state index is 0.774. The van der Waals surface area contributed by atoms with Crippen LogP contribution in [-0.2, 0) is 0 Å². The first-order valence-corrected chi connectivity index (χ1v) is 4.29. The lowest BCUT2D eigenvalue weighted by Gasteiger charge is -1.92. The summed E-state index contributed by atoms with van der Waals surface area (Å²) in [6, 6.07) is 7.80. The molecule has 0 amide bonds. The van der Waals surface area contributed by atoms with Crippen LogP contribution in [-0.4, -0.2) is 3.59 Å². The molecule has 1 heterocycles. The number of hydrogen-bond acceptors (Lipinski definition) is 0. The number of hydrogen-bond donors (Lipinski definition) is 0. The van der Waals surface area contributed by atoms with E-state index in [1.54, 1.807) is 0 Å². The predicted molar refractivity (Wildman–Crippen MR) is 51.3 cm³/mol. The zero-order valence-electron chi connectivity index (χ0n) is 5.59. The van der Waals surface area contributed by atoms with E-state index in [2.05, 4.69) is 16.1 Å². The van der Waals surface area contributed by atoms with Gasteiger partial charge in [0.05, 0.1) is 21.7 Å². The van der Waals surface area contributed by atoms with Crippen LogP contribution in [0, 0.1) is 0 Å². The molecule has 0 aliphatic heterocycles. The Kier molecular flexibility index (Phi) is 1.66.